The summed E-state index contributed by atoms with van der Waals surface area (Å²) in [5.41, 5.74) is 0. The zero-order chi connectivity index (χ0) is 53.5. The Balaban J connectivity index is 2.14. The lowest BCUT2D eigenvalue weighted by molar-refractivity contribution is -0.220. The van der Waals surface area contributed by atoms with E-state index in [2.05, 4.69) is 19.2 Å². The number of hydrogen-bond donors (Lipinski definition) is 8. The normalized spacial score (nSPS) is 20.8. The Labute approximate surface area is 448 Å². The van der Waals surface area contributed by atoms with Gasteiger partial charge in [0.05, 0.1) is 18.8 Å². The van der Waals surface area contributed by atoms with Gasteiger partial charge in [0.25, 0.3) is 0 Å². The number of carbonyl (C=O) groups is 1. The lowest BCUT2D eigenvalue weighted by Crippen LogP contribution is -2.64. The molecule has 0 spiro atoms. The third kappa shape index (κ3) is 40.2. The summed E-state index contributed by atoms with van der Waals surface area (Å²) in [5.74, 6) is -0.301. The van der Waals surface area contributed by atoms with Gasteiger partial charge in [0.15, 0.2) is 0 Å². The minimum absolute atomic E-state index is 0.243. The van der Waals surface area contributed by atoms with Gasteiger partial charge in [0, 0.05) is 6.42 Å². The van der Waals surface area contributed by atoms with E-state index in [1.807, 2.05) is 0 Å². The zero-order valence-electron chi connectivity index (χ0n) is 47.5. The second kappa shape index (κ2) is 49.6. The first kappa shape index (κ1) is 70.4. The Kier molecular flexibility index (Phi) is 47.8. The highest BCUT2D eigenvalue weighted by atomic mass is 31.2. The Morgan fingerprint density at radius 3 is 0.945 bits per heavy atom. The number of unbranched alkanes of at least 4 members (excludes halogenated alkanes) is 44. The first-order valence-corrected chi connectivity index (χ1v) is 33.0. The van der Waals surface area contributed by atoms with Crippen molar-refractivity contribution in [2.75, 3.05) is 6.61 Å². The molecule has 0 aromatic rings. The van der Waals surface area contributed by atoms with Crippen LogP contribution in [-0.2, 0) is 18.4 Å². The van der Waals surface area contributed by atoms with Crippen molar-refractivity contribution >= 4 is 13.7 Å². The molecule has 6 unspecified atom stereocenters. The summed E-state index contributed by atoms with van der Waals surface area (Å²) in [6.07, 6.45) is 47.6. The van der Waals surface area contributed by atoms with Crippen LogP contribution < -0.4 is 5.32 Å². The quantitative estimate of drug-likeness (QED) is 0.0212. The lowest BCUT2D eigenvalue weighted by atomic mass is 9.85. The topological polar surface area (TPSA) is 206 Å². The first-order chi connectivity index (χ1) is 35.4. The van der Waals surface area contributed by atoms with E-state index in [1.54, 1.807) is 0 Å². The molecule has 0 aromatic carbocycles. The summed E-state index contributed by atoms with van der Waals surface area (Å²) in [6, 6.07) is -1.03. The molecule has 0 heterocycles. The Morgan fingerprint density at radius 1 is 0.411 bits per heavy atom. The summed E-state index contributed by atoms with van der Waals surface area (Å²) in [7, 11) is -5.06. The van der Waals surface area contributed by atoms with Gasteiger partial charge in [-0.15, -0.1) is 0 Å². The summed E-state index contributed by atoms with van der Waals surface area (Å²) >= 11 is 0. The van der Waals surface area contributed by atoms with Crippen LogP contribution in [0.4, 0.5) is 0 Å². The van der Waals surface area contributed by atoms with Crippen molar-refractivity contribution in [1.82, 2.24) is 5.32 Å². The van der Waals surface area contributed by atoms with Crippen molar-refractivity contribution < 1.29 is 53.9 Å². The van der Waals surface area contributed by atoms with Gasteiger partial charge in [-0.05, 0) is 12.8 Å². The van der Waals surface area contributed by atoms with Gasteiger partial charge >= 0.3 is 7.82 Å². The van der Waals surface area contributed by atoms with E-state index in [-0.39, 0.29) is 12.3 Å². The van der Waals surface area contributed by atoms with Crippen molar-refractivity contribution in [3.8, 4) is 0 Å². The number of hydrogen-bond acceptors (Lipinski definition) is 10. The third-order valence-electron chi connectivity index (χ3n) is 15.7. The number of aliphatic hydroxyl groups is 6. The monoisotopic (exact) mass is 1060 g/mol. The Bertz CT molecular complexity index is 1230. The maximum absolute atomic E-state index is 13.1. The molecule has 0 radical (unpaired) electrons. The fourth-order valence-electron chi connectivity index (χ4n) is 10.6. The predicted molar refractivity (Wildman–Crippen MR) is 302 cm³/mol. The molecular formula is C60H120NO11P. The van der Waals surface area contributed by atoms with Crippen molar-refractivity contribution in [3.05, 3.63) is 0 Å². The molecule has 1 aliphatic carbocycles. The first-order valence-electron chi connectivity index (χ1n) is 31.5. The highest BCUT2D eigenvalue weighted by Crippen LogP contribution is 2.47. The summed E-state index contributed by atoms with van der Waals surface area (Å²) in [4.78, 5) is 23.5. The summed E-state index contributed by atoms with van der Waals surface area (Å²) < 4.78 is 23.1. The van der Waals surface area contributed by atoms with Crippen LogP contribution in [0, 0.1) is 0 Å². The smallest absolute Gasteiger partial charge is 0.391 e. The summed E-state index contributed by atoms with van der Waals surface area (Å²) in [5, 5.41) is 64.4. The standard InChI is InChI=1S/C60H120NO11P/c1-3-5-7-9-11-13-15-17-18-19-20-21-22-23-24-25-26-27-28-29-30-31-32-33-34-35-36-37-38-40-42-44-46-48-50-54(63)61-52(53(62)49-47-45-43-41-39-16-14-12-10-8-6-4-2)51-71-73(69,70)72-60-58(67)56(65)55(64)57(66)59(60)68/h52-53,55-60,62,64-68H,3-51H2,1-2H3,(H,61,63)(H,69,70)/t52-,53+,55?,56+,57?,58?,59?,60?/m0/s1. The molecule has 0 bridgehead atoms. The molecule has 1 rings (SSSR count). The molecule has 73 heavy (non-hydrogen) atoms. The zero-order valence-corrected chi connectivity index (χ0v) is 48.4. The second-order valence-electron chi connectivity index (χ2n) is 22.6. The van der Waals surface area contributed by atoms with Gasteiger partial charge in [-0.25, -0.2) is 4.57 Å². The predicted octanol–water partition coefficient (Wildman–Crippen LogP) is 14.9. The number of rotatable bonds is 55. The minimum atomic E-state index is -5.06. The van der Waals surface area contributed by atoms with Gasteiger partial charge in [-0.2, -0.15) is 0 Å². The second-order valence-corrected chi connectivity index (χ2v) is 24.0. The van der Waals surface area contributed by atoms with Crippen LogP contribution >= 0.6 is 7.82 Å². The fraction of sp³-hybridized carbons (Fsp3) is 0.983. The van der Waals surface area contributed by atoms with Crippen LogP contribution in [0.15, 0.2) is 0 Å². The number of nitrogens with one attached hydrogen (secondary N) is 1. The average molecular weight is 1060 g/mol. The van der Waals surface area contributed by atoms with Crippen LogP contribution in [0.5, 0.6) is 0 Å². The van der Waals surface area contributed by atoms with Gasteiger partial charge < -0.3 is 40.8 Å². The van der Waals surface area contributed by atoms with Crippen molar-refractivity contribution in [2.24, 2.45) is 0 Å². The highest BCUT2D eigenvalue weighted by Gasteiger charge is 2.51. The third-order valence-corrected chi connectivity index (χ3v) is 16.7. The molecule has 0 aromatic heterocycles. The van der Waals surface area contributed by atoms with Gasteiger partial charge in [0.2, 0.25) is 5.91 Å². The Hall–Kier alpha value is -0.660. The molecule has 1 fully saturated rings. The van der Waals surface area contributed by atoms with Crippen LogP contribution in [-0.4, -0.2) is 96.8 Å². The molecule has 9 atom stereocenters. The molecule has 1 saturated carbocycles. The van der Waals surface area contributed by atoms with E-state index in [0.29, 0.717) is 19.3 Å². The van der Waals surface area contributed by atoms with Crippen LogP contribution in [0.3, 0.4) is 0 Å². The van der Waals surface area contributed by atoms with E-state index in [9.17, 15) is 44.9 Å². The number of phosphoric acid groups is 1. The van der Waals surface area contributed by atoms with E-state index in [1.165, 1.54) is 244 Å². The van der Waals surface area contributed by atoms with Gasteiger partial charge in [-0.3, -0.25) is 13.8 Å². The van der Waals surface area contributed by atoms with Crippen LogP contribution in [0.25, 0.3) is 0 Å². The molecule has 1 amide bonds. The highest BCUT2D eigenvalue weighted by molar-refractivity contribution is 7.47. The van der Waals surface area contributed by atoms with Gasteiger partial charge in [0.1, 0.15) is 36.6 Å². The fourth-order valence-corrected chi connectivity index (χ4v) is 11.6. The molecule has 13 heteroatoms. The van der Waals surface area contributed by atoms with Crippen LogP contribution in [0.2, 0.25) is 0 Å². The summed E-state index contributed by atoms with van der Waals surface area (Å²) in [6.45, 7) is 3.93. The number of amides is 1. The van der Waals surface area contributed by atoms with Gasteiger partial charge in [-0.1, -0.05) is 303 Å². The molecule has 0 saturated heterocycles. The minimum Gasteiger partial charge on any atom is -0.391 e. The van der Waals surface area contributed by atoms with E-state index in [0.717, 1.165) is 38.5 Å². The maximum atomic E-state index is 13.1. The van der Waals surface area contributed by atoms with Crippen molar-refractivity contribution in [3.63, 3.8) is 0 Å². The Morgan fingerprint density at radius 2 is 0.658 bits per heavy atom. The SMILES string of the molecule is CCCCCCCCCCCCCCCCCCCCCCCCCCCCCCCCCCCCC(=O)N[C@@H](COP(=O)(O)OC1C(O)C(O)C(O)[C@@H](O)C1O)[C@H](O)CCCCCCCCCCCCCC. The van der Waals surface area contributed by atoms with Crippen molar-refractivity contribution in [2.45, 2.75) is 371 Å². The lowest BCUT2D eigenvalue weighted by Gasteiger charge is -2.41. The van der Waals surface area contributed by atoms with E-state index >= 15 is 0 Å². The number of phosphoric ester groups is 1. The van der Waals surface area contributed by atoms with Crippen molar-refractivity contribution in [1.29, 1.82) is 0 Å². The molecule has 12 nitrogen and oxygen atoms in total. The molecular weight excluding hydrogens is 942 g/mol. The van der Waals surface area contributed by atoms with E-state index < -0.39 is 63.2 Å². The van der Waals surface area contributed by atoms with E-state index in [4.69, 9.17) is 9.05 Å². The molecule has 0 aliphatic heterocycles. The molecule has 436 valence electrons. The maximum Gasteiger partial charge on any atom is 0.472 e. The largest absolute Gasteiger partial charge is 0.472 e. The molecule has 8 N–H and O–H groups in total. The van der Waals surface area contributed by atoms with Crippen LogP contribution in [0.1, 0.15) is 322 Å². The number of carbonyl (C=O) groups excluding carboxylic acids is 1. The average Bonchev–Trinajstić information content (AvgIpc) is 3.38. The number of aliphatic hydroxyl groups excluding tert-OH is 6. The molecule has 1 aliphatic rings.